The quantitative estimate of drug-likeness (QED) is 0.382. The molecular formula is C25H21BrFNS2. The Hall–Kier alpha value is -1.82. The molecule has 3 aromatic heterocycles. The number of rotatable bonds is 4. The van der Waals surface area contributed by atoms with Crippen molar-refractivity contribution < 1.29 is 25.9 Å². The predicted molar refractivity (Wildman–Crippen MR) is 117 cm³/mol. The van der Waals surface area contributed by atoms with Crippen LogP contribution in [0, 0.1) is 0 Å². The smallest absolute Gasteiger partial charge is 0.190 e. The monoisotopic (exact) mass is 496 g/mol. The number of fused-ring (bicyclic) bond motifs is 1. The van der Waals surface area contributed by atoms with E-state index in [-0.39, 0.29) is 35.0 Å². The molecular weight excluding hydrogens is 476 g/mol. The lowest BCUT2D eigenvalue weighted by Gasteiger charge is -2.48. The van der Waals surface area contributed by atoms with Crippen LogP contribution in [0.2, 0.25) is 0 Å². The standard InChI is InChI=1S/C25H21FNS2.BrH/c26-13-12-17-10-11-23(29-17)25(22-9-5-15-28-22)16-21-18-6-1-2-7-19(18)24(25)20-8-3-4-14-27(20)21;/h1-11,14-15,21,24H,12-13,16H2;1H/q+1;/p-1/i26-1;. The molecule has 0 saturated heterocycles. The van der Waals surface area contributed by atoms with E-state index < -0.39 is 0 Å². The second kappa shape index (κ2) is 7.70. The molecule has 1 aromatic carbocycles. The van der Waals surface area contributed by atoms with Crippen LogP contribution in [0.1, 0.15) is 49.8 Å². The van der Waals surface area contributed by atoms with Crippen molar-refractivity contribution in [2.24, 2.45) is 0 Å². The van der Waals surface area contributed by atoms with Gasteiger partial charge < -0.3 is 17.0 Å². The molecule has 7 rings (SSSR count). The zero-order valence-corrected chi connectivity index (χ0v) is 19.5. The number of hydrogen-bond donors (Lipinski definition) is 0. The number of pyridine rings is 1. The van der Waals surface area contributed by atoms with Crippen LogP contribution in [0.5, 0.6) is 0 Å². The average Bonchev–Trinajstić information content (AvgIpc) is 3.47. The molecule has 152 valence electrons. The lowest BCUT2D eigenvalue weighted by Crippen LogP contribution is -3.00. The van der Waals surface area contributed by atoms with Gasteiger partial charge in [-0.05, 0) is 29.1 Å². The third-order valence-electron chi connectivity index (χ3n) is 6.63. The Morgan fingerprint density at radius 2 is 1.77 bits per heavy atom. The molecule has 3 unspecified atom stereocenters. The van der Waals surface area contributed by atoms with Crippen LogP contribution in [-0.4, -0.2) is 6.67 Å². The van der Waals surface area contributed by atoms with Gasteiger partial charge in [0.05, 0.1) is 18.0 Å². The lowest BCUT2D eigenvalue weighted by molar-refractivity contribution is -0.732. The summed E-state index contributed by atoms with van der Waals surface area (Å²) in [5.74, 6) is 0.264. The molecule has 5 heterocycles. The number of alkyl halides is 1. The number of thiophene rings is 2. The fourth-order valence-corrected chi connectivity index (χ4v) is 7.79. The topological polar surface area (TPSA) is 3.88 Å². The number of halogens is 2. The minimum Gasteiger partial charge on any atom is -1.00 e. The first-order valence-electron chi connectivity index (χ1n) is 10.1. The summed E-state index contributed by atoms with van der Waals surface area (Å²) in [6.07, 6.45) is 3.80. The van der Waals surface area contributed by atoms with Crippen molar-refractivity contribution in [1.29, 1.82) is 0 Å². The largest absolute Gasteiger partial charge is 1.00 e. The third kappa shape index (κ3) is 2.72. The minimum atomic E-state index is -0.292. The van der Waals surface area contributed by atoms with Crippen LogP contribution in [0.15, 0.2) is 78.3 Å². The highest BCUT2D eigenvalue weighted by Crippen LogP contribution is 2.61. The van der Waals surface area contributed by atoms with Gasteiger partial charge in [-0.2, -0.15) is 4.57 Å². The first kappa shape index (κ1) is 20.1. The molecule has 3 aliphatic rings. The predicted octanol–water partition coefficient (Wildman–Crippen LogP) is 3.04. The highest BCUT2D eigenvalue weighted by Gasteiger charge is 2.60. The Morgan fingerprint density at radius 3 is 2.57 bits per heavy atom. The second-order valence-corrected chi connectivity index (χ2v) is 10.1. The summed E-state index contributed by atoms with van der Waals surface area (Å²) in [7, 11) is 0. The van der Waals surface area contributed by atoms with E-state index in [1.807, 2.05) is 22.7 Å². The van der Waals surface area contributed by atoms with Gasteiger partial charge in [-0.25, -0.2) is 0 Å². The first-order chi connectivity index (χ1) is 14.3. The van der Waals surface area contributed by atoms with Gasteiger partial charge in [-0.15, -0.1) is 22.7 Å². The van der Waals surface area contributed by atoms with Crippen LogP contribution >= 0.6 is 22.7 Å². The molecule has 3 atom stereocenters. The fraction of sp³-hybridized carbons (Fsp3) is 0.240. The van der Waals surface area contributed by atoms with Gasteiger partial charge in [-0.1, -0.05) is 36.4 Å². The third-order valence-corrected chi connectivity index (χ3v) is 9.00. The van der Waals surface area contributed by atoms with E-state index in [4.69, 9.17) is 0 Å². The van der Waals surface area contributed by atoms with Gasteiger partial charge in [0, 0.05) is 45.2 Å². The summed E-state index contributed by atoms with van der Waals surface area (Å²) >= 11 is 3.67. The maximum Gasteiger partial charge on any atom is 0.190 e. The van der Waals surface area contributed by atoms with Gasteiger partial charge in [0.15, 0.2) is 17.9 Å². The number of aryl methyl sites for hydroxylation is 1. The SMILES string of the molecule is [18F]CCc1ccc(C2(c3cccs3)CC3c4ccccc4C2c2cccc[n+]23)s1.[Br-]. The molecule has 5 heteroatoms. The van der Waals surface area contributed by atoms with Gasteiger partial charge in [0.25, 0.3) is 0 Å². The zero-order valence-electron chi connectivity index (χ0n) is 16.3. The van der Waals surface area contributed by atoms with Crippen LogP contribution in [0.25, 0.3) is 0 Å². The Kier molecular flexibility index (Phi) is 5.16. The van der Waals surface area contributed by atoms with Crippen molar-refractivity contribution in [1.82, 2.24) is 0 Å². The Balaban J connectivity index is 0.00000193. The van der Waals surface area contributed by atoms with Crippen molar-refractivity contribution in [2.75, 3.05) is 6.67 Å². The van der Waals surface area contributed by atoms with E-state index in [1.165, 1.54) is 26.6 Å². The van der Waals surface area contributed by atoms with Crippen molar-refractivity contribution >= 4 is 22.7 Å². The highest BCUT2D eigenvalue weighted by atomic mass is 79.9. The van der Waals surface area contributed by atoms with Gasteiger partial charge in [0.1, 0.15) is 0 Å². The van der Waals surface area contributed by atoms with Crippen molar-refractivity contribution in [2.45, 2.75) is 30.2 Å². The van der Waals surface area contributed by atoms with Crippen molar-refractivity contribution in [3.63, 3.8) is 0 Å². The number of aromatic nitrogens is 1. The maximum absolute atomic E-state index is 13.0. The number of nitrogens with zero attached hydrogens (tertiary/aromatic N) is 1. The molecule has 2 bridgehead atoms. The molecule has 0 spiro atoms. The molecule has 2 aliphatic heterocycles. The summed E-state index contributed by atoms with van der Waals surface area (Å²) in [6, 6.07) is 24.8. The molecule has 0 saturated carbocycles. The molecule has 30 heavy (non-hydrogen) atoms. The Morgan fingerprint density at radius 1 is 0.933 bits per heavy atom. The maximum atomic E-state index is 13.0. The van der Waals surface area contributed by atoms with Crippen LogP contribution in [-0.2, 0) is 11.8 Å². The van der Waals surface area contributed by atoms with E-state index >= 15 is 0 Å². The summed E-state index contributed by atoms with van der Waals surface area (Å²) in [5.41, 5.74) is 4.20. The molecule has 0 fully saturated rings. The van der Waals surface area contributed by atoms with E-state index in [1.54, 1.807) is 0 Å². The Labute approximate surface area is 194 Å². The van der Waals surface area contributed by atoms with Gasteiger partial charge in [-0.3, -0.25) is 4.39 Å². The minimum absolute atomic E-state index is 0. The Bertz CT molecular complexity index is 1140. The molecule has 0 radical (unpaired) electrons. The summed E-state index contributed by atoms with van der Waals surface area (Å²) in [6.45, 7) is -0.292. The summed E-state index contributed by atoms with van der Waals surface area (Å²) in [4.78, 5) is 3.95. The zero-order chi connectivity index (χ0) is 19.4. The van der Waals surface area contributed by atoms with Gasteiger partial charge >= 0.3 is 0 Å². The average molecular weight is 497 g/mol. The van der Waals surface area contributed by atoms with E-state index in [0.29, 0.717) is 12.5 Å². The number of hydrogen-bond acceptors (Lipinski definition) is 2. The molecule has 4 aromatic rings. The fourth-order valence-electron chi connectivity index (χ4n) is 5.52. The van der Waals surface area contributed by atoms with Crippen LogP contribution in [0.4, 0.5) is 4.39 Å². The molecule has 0 N–H and O–H groups in total. The van der Waals surface area contributed by atoms with E-state index in [9.17, 15) is 4.39 Å². The lowest BCUT2D eigenvalue weighted by atomic mass is 9.57. The molecule has 1 aliphatic carbocycles. The van der Waals surface area contributed by atoms with Crippen LogP contribution in [0.3, 0.4) is 0 Å². The second-order valence-electron chi connectivity index (χ2n) is 7.97. The van der Waals surface area contributed by atoms with E-state index in [2.05, 4.69) is 82.9 Å². The molecule has 1 nitrogen and oxygen atoms in total. The summed E-state index contributed by atoms with van der Waals surface area (Å²) < 4.78 is 15.5. The summed E-state index contributed by atoms with van der Waals surface area (Å²) in [5, 5.41) is 2.19. The van der Waals surface area contributed by atoms with Crippen molar-refractivity contribution in [3.05, 3.63) is 110 Å². The normalized spacial score (nSPS) is 23.5. The first-order valence-corrected chi connectivity index (χ1v) is 11.8. The highest BCUT2D eigenvalue weighted by molar-refractivity contribution is 7.13. The van der Waals surface area contributed by atoms with E-state index in [0.717, 1.165) is 11.3 Å². The number of benzene rings is 1. The van der Waals surface area contributed by atoms with Gasteiger partial charge in [0.2, 0.25) is 0 Å². The molecule has 0 amide bonds. The van der Waals surface area contributed by atoms with Crippen LogP contribution < -0.4 is 21.5 Å². The van der Waals surface area contributed by atoms with Crippen molar-refractivity contribution in [3.8, 4) is 0 Å².